The maximum absolute atomic E-state index is 5.46. The SMILES string of the molecule is COc1cc2[nH]ncc2cc1Nc1ncnc2[nH]cc(C)c12. The van der Waals surface area contributed by atoms with Crippen LogP contribution >= 0.6 is 0 Å². The average Bonchev–Trinajstić information content (AvgIpc) is 3.13. The molecule has 4 rings (SSSR count). The van der Waals surface area contributed by atoms with E-state index in [0.29, 0.717) is 0 Å². The van der Waals surface area contributed by atoms with Crippen LogP contribution < -0.4 is 10.1 Å². The van der Waals surface area contributed by atoms with Gasteiger partial charge in [0, 0.05) is 17.6 Å². The standard InChI is InChI=1S/C15H14N6O/c1-8-5-16-14-13(8)15(18-7-17-14)20-11-3-9-6-19-21-10(9)4-12(11)22-2/h3-7H,1-2H3,(H,19,21)(H2,16,17,18,20). The Morgan fingerprint density at radius 1 is 1.23 bits per heavy atom. The highest BCUT2D eigenvalue weighted by atomic mass is 16.5. The third-order valence-corrected chi connectivity index (χ3v) is 3.68. The van der Waals surface area contributed by atoms with Crippen molar-refractivity contribution in [2.24, 2.45) is 0 Å². The van der Waals surface area contributed by atoms with E-state index in [1.807, 2.05) is 25.3 Å². The fourth-order valence-corrected chi connectivity index (χ4v) is 2.58. The fraction of sp³-hybridized carbons (Fsp3) is 0.133. The van der Waals surface area contributed by atoms with Crippen molar-refractivity contribution in [3.8, 4) is 5.75 Å². The Morgan fingerprint density at radius 2 is 2.14 bits per heavy atom. The van der Waals surface area contributed by atoms with E-state index < -0.39 is 0 Å². The fourth-order valence-electron chi connectivity index (χ4n) is 2.58. The molecule has 0 aliphatic heterocycles. The van der Waals surface area contributed by atoms with Gasteiger partial charge in [-0.05, 0) is 18.6 Å². The summed E-state index contributed by atoms with van der Waals surface area (Å²) < 4.78 is 5.46. The Balaban J connectivity index is 1.86. The second-order valence-corrected chi connectivity index (χ2v) is 5.05. The van der Waals surface area contributed by atoms with Crippen LogP contribution in [0.25, 0.3) is 21.9 Å². The Labute approximate surface area is 125 Å². The number of hydrogen-bond acceptors (Lipinski definition) is 5. The van der Waals surface area contributed by atoms with E-state index in [1.54, 1.807) is 13.3 Å². The zero-order valence-electron chi connectivity index (χ0n) is 12.1. The van der Waals surface area contributed by atoms with Gasteiger partial charge in [-0.3, -0.25) is 5.10 Å². The molecule has 0 amide bonds. The third-order valence-electron chi connectivity index (χ3n) is 3.68. The summed E-state index contributed by atoms with van der Waals surface area (Å²) in [6.07, 6.45) is 5.22. The lowest BCUT2D eigenvalue weighted by Crippen LogP contribution is -1.98. The average molecular weight is 294 g/mol. The van der Waals surface area contributed by atoms with Crippen molar-refractivity contribution in [1.82, 2.24) is 25.1 Å². The normalized spacial score (nSPS) is 11.2. The minimum absolute atomic E-state index is 0.719. The number of aromatic amines is 2. The largest absolute Gasteiger partial charge is 0.494 e. The van der Waals surface area contributed by atoms with E-state index in [-0.39, 0.29) is 0 Å². The van der Waals surface area contributed by atoms with Gasteiger partial charge in [-0.15, -0.1) is 0 Å². The monoisotopic (exact) mass is 294 g/mol. The van der Waals surface area contributed by atoms with Gasteiger partial charge in [0.1, 0.15) is 23.5 Å². The maximum atomic E-state index is 5.46. The summed E-state index contributed by atoms with van der Waals surface area (Å²) >= 11 is 0. The predicted molar refractivity (Wildman–Crippen MR) is 84.6 cm³/mol. The van der Waals surface area contributed by atoms with Crippen molar-refractivity contribution >= 4 is 33.4 Å². The smallest absolute Gasteiger partial charge is 0.144 e. The van der Waals surface area contributed by atoms with E-state index in [1.165, 1.54) is 6.33 Å². The Hall–Kier alpha value is -3.09. The van der Waals surface area contributed by atoms with Gasteiger partial charge < -0.3 is 15.0 Å². The summed E-state index contributed by atoms with van der Waals surface area (Å²) in [6.45, 7) is 2.02. The molecule has 0 aliphatic rings. The molecule has 7 heteroatoms. The molecule has 7 nitrogen and oxygen atoms in total. The van der Waals surface area contributed by atoms with Crippen LogP contribution in [0.4, 0.5) is 11.5 Å². The lowest BCUT2D eigenvalue weighted by atomic mass is 10.2. The summed E-state index contributed by atoms with van der Waals surface area (Å²) in [6, 6.07) is 3.89. The number of H-pyrrole nitrogens is 2. The molecular weight excluding hydrogens is 280 g/mol. The molecule has 1 aromatic carbocycles. The lowest BCUT2D eigenvalue weighted by Gasteiger charge is -2.11. The van der Waals surface area contributed by atoms with Gasteiger partial charge >= 0.3 is 0 Å². The van der Waals surface area contributed by atoms with Crippen molar-refractivity contribution in [1.29, 1.82) is 0 Å². The second kappa shape index (κ2) is 4.73. The van der Waals surface area contributed by atoms with E-state index in [4.69, 9.17) is 4.74 Å². The minimum Gasteiger partial charge on any atom is -0.494 e. The van der Waals surface area contributed by atoms with Crippen molar-refractivity contribution < 1.29 is 4.74 Å². The van der Waals surface area contributed by atoms with E-state index in [2.05, 4.69) is 30.5 Å². The molecule has 0 fully saturated rings. The molecule has 0 radical (unpaired) electrons. The number of rotatable bonds is 3. The number of ether oxygens (including phenoxy) is 1. The molecule has 3 heterocycles. The zero-order valence-corrected chi connectivity index (χ0v) is 12.1. The quantitative estimate of drug-likeness (QED) is 0.540. The van der Waals surface area contributed by atoms with Crippen LogP contribution in [0.15, 0.2) is 30.9 Å². The Bertz CT molecular complexity index is 971. The number of anilines is 2. The number of nitrogens with one attached hydrogen (secondary N) is 3. The molecule has 110 valence electrons. The highest BCUT2D eigenvalue weighted by Crippen LogP contribution is 2.33. The van der Waals surface area contributed by atoms with Crippen LogP contribution in [-0.4, -0.2) is 32.3 Å². The van der Waals surface area contributed by atoms with Crippen molar-refractivity contribution in [2.75, 3.05) is 12.4 Å². The molecule has 0 spiro atoms. The van der Waals surface area contributed by atoms with Gasteiger partial charge in [-0.2, -0.15) is 5.10 Å². The van der Waals surface area contributed by atoms with Crippen LogP contribution in [0.5, 0.6) is 5.75 Å². The molecule has 3 aromatic heterocycles. The summed E-state index contributed by atoms with van der Waals surface area (Å²) in [5, 5.41) is 12.3. The van der Waals surface area contributed by atoms with Gasteiger partial charge in [-0.25, -0.2) is 9.97 Å². The Morgan fingerprint density at radius 3 is 3.00 bits per heavy atom. The van der Waals surface area contributed by atoms with Gasteiger partial charge in [0.05, 0.1) is 29.9 Å². The summed E-state index contributed by atoms with van der Waals surface area (Å²) in [7, 11) is 1.64. The van der Waals surface area contributed by atoms with Crippen molar-refractivity contribution in [3.63, 3.8) is 0 Å². The first-order valence-electron chi connectivity index (χ1n) is 6.83. The number of nitrogens with zero attached hydrogens (tertiary/aromatic N) is 3. The first-order valence-corrected chi connectivity index (χ1v) is 6.83. The molecular formula is C15H14N6O. The molecule has 4 aromatic rings. The molecule has 0 saturated heterocycles. The minimum atomic E-state index is 0.719. The van der Waals surface area contributed by atoms with Crippen LogP contribution in [0.3, 0.4) is 0 Å². The Kier molecular flexibility index (Phi) is 2.72. The second-order valence-electron chi connectivity index (χ2n) is 5.05. The molecule has 0 saturated carbocycles. The number of aromatic nitrogens is 5. The number of fused-ring (bicyclic) bond motifs is 2. The van der Waals surface area contributed by atoms with E-state index >= 15 is 0 Å². The zero-order chi connectivity index (χ0) is 15.1. The van der Waals surface area contributed by atoms with Crippen molar-refractivity contribution in [3.05, 3.63) is 36.4 Å². The number of aryl methyl sites for hydroxylation is 1. The first kappa shape index (κ1) is 12.6. The molecule has 0 atom stereocenters. The van der Waals surface area contributed by atoms with Gasteiger partial charge in [-0.1, -0.05) is 0 Å². The van der Waals surface area contributed by atoms with Crippen LogP contribution in [0.2, 0.25) is 0 Å². The summed E-state index contributed by atoms with van der Waals surface area (Å²) in [4.78, 5) is 11.7. The number of methoxy groups -OCH3 is 1. The summed E-state index contributed by atoms with van der Waals surface area (Å²) in [5.74, 6) is 1.46. The highest BCUT2D eigenvalue weighted by Gasteiger charge is 2.12. The van der Waals surface area contributed by atoms with Gasteiger partial charge in [0.25, 0.3) is 0 Å². The lowest BCUT2D eigenvalue weighted by molar-refractivity contribution is 0.417. The summed E-state index contributed by atoms with van der Waals surface area (Å²) in [5.41, 5.74) is 3.64. The van der Waals surface area contributed by atoms with Crippen LogP contribution in [-0.2, 0) is 0 Å². The molecule has 0 bridgehead atoms. The van der Waals surface area contributed by atoms with E-state index in [0.717, 1.165) is 44.8 Å². The predicted octanol–water partition coefficient (Wildman–Crippen LogP) is 2.89. The molecule has 3 N–H and O–H groups in total. The topological polar surface area (TPSA) is 91.5 Å². The molecule has 22 heavy (non-hydrogen) atoms. The number of benzene rings is 1. The molecule has 0 unspecified atom stereocenters. The van der Waals surface area contributed by atoms with Gasteiger partial charge in [0.15, 0.2) is 0 Å². The molecule has 0 aliphatic carbocycles. The highest BCUT2D eigenvalue weighted by molar-refractivity contribution is 5.94. The first-order chi connectivity index (χ1) is 10.8. The van der Waals surface area contributed by atoms with E-state index in [9.17, 15) is 0 Å². The van der Waals surface area contributed by atoms with Gasteiger partial charge in [0.2, 0.25) is 0 Å². The van der Waals surface area contributed by atoms with Crippen molar-refractivity contribution in [2.45, 2.75) is 6.92 Å². The van der Waals surface area contributed by atoms with Crippen LogP contribution in [0.1, 0.15) is 5.56 Å². The third kappa shape index (κ3) is 1.86. The van der Waals surface area contributed by atoms with Crippen LogP contribution in [0, 0.1) is 6.92 Å². The number of hydrogen-bond donors (Lipinski definition) is 3. The maximum Gasteiger partial charge on any atom is 0.144 e.